The number of para-hydroxylation sites is 2. The second-order valence-electron chi connectivity index (χ2n) is 9.78. The van der Waals surface area contributed by atoms with Crippen molar-refractivity contribution in [3.05, 3.63) is 133 Å². The second-order valence-corrected chi connectivity index (χ2v) is 9.78. The normalized spacial score (nSPS) is 12.6. The first-order chi connectivity index (χ1) is 19.8. The van der Waals surface area contributed by atoms with Gasteiger partial charge >= 0.3 is 0 Å². The van der Waals surface area contributed by atoms with E-state index in [-0.39, 0.29) is 0 Å². The van der Waals surface area contributed by atoms with Gasteiger partial charge in [0.15, 0.2) is 5.82 Å². The molecule has 2 N–H and O–H groups in total. The first-order valence-electron chi connectivity index (χ1n) is 13.3. The van der Waals surface area contributed by atoms with Gasteiger partial charge in [-0.05, 0) is 30.3 Å². The van der Waals surface area contributed by atoms with Gasteiger partial charge < -0.3 is 0 Å². The first kappa shape index (κ1) is 22.5. The summed E-state index contributed by atoms with van der Waals surface area (Å²) in [5.74, 6) is 1.50. The Labute approximate surface area is 231 Å². The maximum absolute atomic E-state index is 5.16. The molecule has 2 aromatic heterocycles. The molecule has 1 aliphatic rings. The molecule has 0 fully saturated rings. The van der Waals surface area contributed by atoms with Crippen molar-refractivity contribution in [3.63, 3.8) is 0 Å². The molecule has 0 amide bonds. The van der Waals surface area contributed by atoms with E-state index in [9.17, 15) is 0 Å². The standard InChI is InChI=1S/C34H24N6/c1-4-12-23(13-5-1)28-22-31(36-34(35-28)24-14-6-2-7-15-24)39-29-19-11-10-18-26(29)27-20-21-30-32(33(27)39)37-38-40(30)25-16-8-3-9-17-25/h1-22,37-38H. The van der Waals surface area contributed by atoms with Crippen molar-refractivity contribution < 1.29 is 0 Å². The lowest BCUT2D eigenvalue weighted by Gasteiger charge is -2.17. The van der Waals surface area contributed by atoms with Gasteiger partial charge in [0.05, 0.1) is 28.1 Å². The summed E-state index contributed by atoms with van der Waals surface area (Å²) in [7, 11) is 0. The van der Waals surface area contributed by atoms with Gasteiger partial charge in [-0.25, -0.2) is 9.97 Å². The summed E-state index contributed by atoms with van der Waals surface area (Å²) >= 11 is 0. The van der Waals surface area contributed by atoms with Crippen LogP contribution in [0.5, 0.6) is 0 Å². The fourth-order valence-electron chi connectivity index (χ4n) is 5.57. The van der Waals surface area contributed by atoms with Crippen LogP contribution < -0.4 is 16.0 Å². The third kappa shape index (κ3) is 3.55. The third-order valence-corrected chi connectivity index (χ3v) is 7.41. The Morgan fingerprint density at radius 3 is 2.02 bits per heavy atom. The Morgan fingerprint density at radius 2 is 1.25 bits per heavy atom. The summed E-state index contributed by atoms with van der Waals surface area (Å²) in [6.07, 6.45) is 0. The van der Waals surface area contributed by atoms with Gasteiger partial charge in [0.25, 0.3) is 0 Å². The minimum absolute atomic E-state index is 0.687. The molecule has 0 saturated heterocycles. The van der Waals surface area contributed by atoms with Crippen molar-refractivity contribution in [1.82, 2.24) is 20.1 Å². The lowest BCUT2D eigenvalue weighted by Crippen LogP contribution is -2.31. The summed E-state index contributed by atoms with van der Waals surface area (Å²) < 4.78 is 2.26. The van der Waals surface area contributed by atoms with Gasteiger partial charge in [-0.2, -0.15) is 0 Å². The Morgan fingerprint density at radius 1 is 0.575 bits per heavy atom. The number of rotatable bonds is 4. The topological polar surface area (TPSA) is 58.0 Å². The van der Waals surface area contributed by atoms with Crippen LogP contribution in [0.15, 0.2) is 133 Å². The van der Waals surface area contributed by atoms with Gasteiger partial charge in [0.2, 0.25) is 0 Å². The van der Waals surface area contributed by atoms with Crippen LogP contribution in [0.2, 0.25) is 0 Å². The molecule has 5 aromatic carbocycles. The zero-order valence-electron chi connectivity index (χ0n) is 21.5. The Bertz CT molecular complexity index is 1940. The molecule has 0 radical (unpaired) electrons. The van der Waals surface area contributed by atoms with E-state index in [1.807, 2.05) is 54.6 Å². The predicted octanol–water partition coefficient (Wildman–Crippen LogP) is 7.89. The molecule has 8 rings (SSSR count). The maximum atomic E-state index is 5.16. The molecular formula is C34H24N6. The maximum Gasteiger partial charge on any atom is 0.162 e. The number of nitrogens with zero attached hydrogens (tertiary/aromatic N) is 4. The highest BCUT2D eigenvalue weighted by Gasteiger charge is 2.26. The van der Waals surface area contributed by atoms with Gasteiger partial charge in [0, 0.05) is 28.0 Å². The summed E-state index contributed by atoms with van der Waals surface area (Å²) in [6.45, 7) is 0. The number of hydrazine groups is 2. The molecule has 0 bridgehead atoms. The number of nitrogens with one attached hydrogen (secondary N) is 2. The molecule has 0 saturated carbocycles. The Kier molecular flexibility index (Phi) is 5.11. The summed E-state index contributed by atoms with van der Waals surface area (Å²) in [5.41, 5.74) is 15.0. The molecule has 0 aliphatic carbocycles. The highest BCUT2D eigenvalue weighted by molar-refractivity contribution is 6.16. The van der Waals surface area contributed by atoms with Crippen LogP contribution in [0.1, 0.15) is 0 Å². The zero-order valence-corrected chi connectivity index (χ0v) is 21.5. The predicted molar refractivity (Wildman–Crippen MR) is 163 cm³/mol. The van der Waals surface area contributed by atoms with Gasteiger partial charge in [-0.1, -0.05) is 97.1 Å². The van der Waals surface area contributed by atoms with E-state index >= 15 is 0 Å². The van der Waals surface area contributed by atoms with Crippen LogP contribution in [-0.4, -0.2) is 14.5 Å². The lowest BCUT2D eigenvalue weighted by molar-refractivity contribution is 0.863. The number of anilines is 3. The molecule has 6 heteroatoms. The Hall–Kier alpha value is -5.46. The van der Waals surface area contributed by atoms with Crippen molar-refractivity contribution in [2.75, 3.05) is 10.4 Å². The molecule has 0 atom stereocenters. The third-order valence-electron chi connectivity index (χ3n) is 7.41. The molecule has 0 unspecified atom stereocenters. The molecule has 3 heterocycles. The monoisotopic (exact) mass is 516 g/mol. The van der Waals surface area contributed by atoms with Gasteiger partial charge in [0.1, 0.15) is 11.5 Å². The number of aromatic nitrogens is 3. The van der Waals surface area contributed by atoms with Crippen molar-refractivity contribution in [2.45, 2.75) is 0 Å². The van der Waals surface area contributed by atoms with Crippen LogP contribution >= 0.6 is 0 Å². The number of hydrogen-bond acceptors (Lipinski definition) is 5. The number of benzene rings is 5. The smallest absolute Gasteiger partial charge is 0.162 e. The van der Waals surface area contributed by atoms with Crippen LogP contribution in [0, 0.1) is 0 Å². The van der Waals surface area contributed by atoms with E-state index < -0.39 is 0 Å². The fraction of sp³-hybridized carbons (Fsp3) is 0. The van der Waals surface area contributed by atoms with E-state index in [0.29, 0.717) is 5.82 Å². The summed E-state index contributed by atoms with van der Waals surface area (Å²) in [5, 5.41) is 4.39. The van der Waals surface area contributed by atoms with Crippen molar-refractivity contribution in [2.24, 2.45) is 0 Å². The average molecular weight is 517 g/mol. The SMILES string of the molecule is c1ccc(-c2cc(-n3c4ccccc4c4ccc5c(c43)NNN5c3ccccc3)nc(-c3ccccc3)n2)cc1. The van der Waals surface area contributed by atoms with E-state index in [0.717, 1.165) is 56.1 Å². The average Bonchev–Trinajstić information content (AvgIpc) is 3.62. The first-order valence-corrected chi connectivity index (χ1v) is 13.3. The fourth-order valence-corrected chi connectivity index (χ4v) is 5.57. The summed E-state index contributed by atoms with van der Waals surface area (Å²) in [6, 6.07) is 45.7. The van der Waals surface area contributed by atoms with E-state index in [1.165, 1.54) is 5.39 Å². The van der Waals surface area contributed by atoms with Crippen LogP contribution in [0.4, 0.5) is 17.1 Å². The second kappa shape index (κ2) is 9.08. The molecule has 0 spiro atoms. The van der Waals surface area contributed by atoms with E-state index in [2.05, 4.69) is 99.4 Å². The lowest BCUT2D eigenvalue weighted by atomic mass is 10.1. The van der Waals surface area contributed by atoms with Crippen LogP contribution in [0.25, 0.3) is 50.3 Å². The highest BCUT2D eigenvalue weighted by atomic mass is 15.7. The van der Waals surface area contributed by atoms with Gasteiger partial charge in [-0.15, -0.1) is 5.53 Å². The Balaban J connectivity index is 1.43. The largest absolute Gasteiger partial charge is 0.299 e. The van der Waals surface area contributed by atoms with Crippen molar-refractivity contribution in [3.8, 4) is 28.5 Å². The molecule has 6 nitrogen and oxygen atoms in total. The van der Waals surface area contributed by atoms with Crippen LogP contribution in [0.3, 0.4) is 0 Å². The minimum atomic E-state index is 0.687. The van der Waals surface area contributed by atoms with Crippen LogP contribution in [-0.2, 0) is 0 Å². The molecule has 190 valence electrons. The van der Waals surface area contributed by atoms with Gasteiger partial charge in [-0.3, -0.25) is 15.0 Å². The minimum Gasteiger partial charge on any atom is -0.299 e. The zero-order chi connectivity index (χ0) is 26.5. The summed E-state index contributed by atoms with van der Waals surface area (Å²) in [4.78, 5) is 10.2. The van der Waals surface area contributed by atoms with E-state index in [1.54, 1.807) is 0 Å². The quantitative estimate of drug-likeness (QED) is 0.249. The van der Waals surface area contributed by atoms with Crippen molar-refractivity contribution >= 4 is 38.9 Å². The number of hydrogen-bond donors (Lipinski definition) is 2. The molecule has 7 aromatic rings. The highest BCUT2D eigenvalue weighted by Crippen LogP contribution is 2.44. The molecule has 40 heavy (non-hydrogen) atoms. The molecule has 1 aliphatic heterocycles. The van der Waals surface area contributed by atoms with Crippen molar-refractivity contribution in [1.29, 1.82) is 0 Å². The molecular weight excluding hydrogens is 492 g/mol. The van der Waals surface area contributed by atoms with E-state index in [4.69, 9.17) is 9.97 Å². The number of fused-ring (bicyclic) bond motifs is 5.